The van der Waals surface area contributed by atoms with Gasteiger partial charge in [-0.15, -0.1) is 0 Å². The van der Waals surface area contributed by atoms with Gasteiger partial charge in [0.05, 0.1) is 0 Å². The number of anilines is 2. The molecule has 0 radical (unpaired) electrons. The highest BCUT2D eigenvalue weighted by atomic mass is 16.5. The van der Waals surface area contributed by atoms with Gasteiger partial charge in [-0.2, -0.15) is 0 Å². The van der Waals surface area contributed by atoms with Crippen LogP contribution in [0.2, 0.25) is 0 Å². The Morgan fingerprint density at radius 3 is 2.64 bits per heavy atom. The van der Waals surface area contributed by atoms with E-state index in [0.717, 1.165) is 16.5 Å². The minimum Gasteiger partial charge on any atom is -0.484 e. The molecule has 0 fully saturated rings. The van der Waals surface area contributed by atoms with E-state index in [9.17, 15) is 4.79 Å². The molecule has 0 saturated carbocycles. The summed E-state index contributed by atoms with van der Waals surface area (Å²) in [5.41, 5.74) is 7.05. The second kappa shape index (κ2) is 6.18. The van der Waals surface area contributed by atoms with Crippen LogP contribution in [0.25, 0.3) is 10.8 Å². The average molecular weight is 292 g/mol. The summed E-state index contributed by atoms with van der Waals surface area (Å²) in [4.78, 5) is 12.0. The van der Waals surface area contributed by atoms with Gasteiger partial charge in [-0.1, -0.05) is 42.5 Å². The number of amides is 1. The predicted molar refractivity (Wildman–Crippen MR) is 88.9 cm³/mol. The Morgan fingerprint density at radius 1 is 1.00 bits per heavy atom. The molecule has 0 atom stereocenters. The summed E-state index contributed by atoms with van der Waals surface area (Å²) < 4.78 is 5.44. The molecule has 4 heteroatoms. The van der Waals surface area contributed by atoms with Crippen LogP contribution in [-0.4, -0.2) is 12.5 Å². The molecule has 3 aromatic carbocycles. The van der Waals surface area contributed by atoms with Crippen LogP contribution in [0.3, 0.4) is 0 Å². The molecule has 0 aliphatic heterocycles. The molecular weight excluding hydrogens is 276 g/mol. The van der Waals surface area contributed by atoms with Crippen molar-refractivity contribution in [2.45, 2.75) is 0 Å². The highest BCUT2D eigenvalue weighted by molar-refractivity contribution is 6.02. The van der Waals surface area contributed by atoms with Gasteiger partial charge in [0.1, 0.15) is 5.75 Å². The van der Waals surface area contributed by atoms with Crippen molar-refractivity contribution in [2.75, 3.05) is 17.7 Å². The Bertz CT molecular complexity index is 810. The van der Waals surface area contributed by atoms with Gasteiger partial charge in [0.15, 0.2) is 6.61 Å². The molecule has 3 rings (SSSR count). The lowest BCUT2D eigenvalue weighted by Crippen LogP contribution is -2.20. The molecular formula is C18H16N2O2. The van der Waals surface area contributed by atoms with Crippen molar-refractivity contribution in [1.82, 2.24) is 0 Å². The van der Waals surface area contributed by atoms with Gasteiger partial charge in [-0.3, -0.25) is 4.79 Å². The first-order valence-electron chi connectivity index (χ1n) is 6.98. The largest absolute Gasteiger partial charge is 0.484 e. The topological polar surface area (TPSA) is 64.3 Å². The Kier molecular flexibility index (Phi) is 3.92. The number of carbonyl (C=O) groups excluding carboxylic acids is 1. The van der Waals surface area contributed by atoms with Crippen LogP contribution in [0.4, 0.5) is 11.4 Å². The molecule has 0 aliphatic carbocycles. The highest BCUT2D eigenvalue weighted by Crippen LogP contribution is 2.23. The van der Waals surface area contributed by atoms with E-state index < -0.39 is 0 Å². The number of hydrogen-bond acceptors (Lipinski definition) is 3. The second-order valence-electron chi connectivity index (χ2n) is 4.94. The number of rotatable bonds is 4. The Hall–Kier alpha value is -3.01. The van der Waals surface area contributed by atoms with Crippen molar-refractivity contribution in [3.05, 3.63) is 66.7 Å². The summed E-state index contributed by atoms with van der Waals surface area (Å²) in [7, 11) is 0. The smallest absolute Gasteiger partial charge is 0.262 e. The highest BCUT2D eigenvalue weighted by Gasteiger charge is 2.06. The zero-order valence-electron chi connectivity index (χ0n) is 12.0. The van der Waals surface area contributed by atoms with E-state index in [1.165, 1.54) is 0 Å². The normalized spacial score (nSPS) is 10.4. The van der Waals surface area contributed by atoms with E-state index in [1.807, 2.05) is 42.5 Å². The van der Waals surface area contributed by atoms with E-state index in [1.54, 1.807) is 24.3 Å². The fourth-order valence-corrected chi connectivity index (χ4v) is 2.27. The molecule has 4 nitrogen and oxygen atoms in total. The van der Waals surface area contributed by atoms with Crippen LogP contribution in [0.1, 0.15) is 0 Å². The number of ether oxygens (including phenoxy) is 1. The van der Waals surface area contributed by atoms with Gasteiger partial charge >= 0.3 is 0 Å². The van der Waals surface area contributed by atoms with Crippen molar-refractivity contribution in [2.24, 2.45) is 0 Å². The van der Waals surface area contributed by atoms with E-state index in [0.29, 0.717) is 11.4 Å². The molecule has 0 unspecified atom stereocenters. The van der Waals surface area contributed by atoms with Crippen LogP contribution >= 0.6 is 0 Å². The Labute approximate surface area is 128 Å². The van der Waals surface area contributed by atoms with Crippen LogP contribution in [0, 0.1) is 0 Å². The van der Waals surface area contributed by atoms with Crippen molar-refractivity contribution in [3.63, 3.8) is 0 Å². The fourth-order valence-electron chi connectivity index (χ4n) is 2.27. The first-order valence-corrected chi connectivity index (χ1v) is 6.98. The fraction of sp³-hybridized carbons (Fsp3) is 0.0556. The zero-order chi connectivity index (χ0) is 15.4. The number of fused-ring (bicyclic) bond motifs is 1. The lowest BCUT2D eigenvalue weighted by Gasteiger charge is -2.10. The maximum atomic E-state index is 12.0. The van der Waals surface area contributed by atoms with Crippen molar-refractivity contribution >= 4 is 28.1 Å². The molecule has 0 saturated heterocycles. The van der Waals surface area contributed by atoms with Crippen LogP contribution in [0.5, 0.6) is 5.75 Å². The Morgan fingerprint density at radius 2 is 1.77 bits per heavy atom. The molecule has 0 bridgehead atoms. The lowest BCUT2D eigenvalue weighted by atomic mass is 10.1. The monoisotopic (exact) mass is 292 g/mol. The van der Waals surface area contributed by atoms with Crippen molar-refractivity contribution < 1.29 is 9.53 Å². The molecule has 0 heterocycles. The Balaban J connectivity index is 1.68. The summed E-state index contributed by atoms with van der Waals surface area (Å²) >= 11 is 0. The molecule has 110 valence electrons. The molecule has 1 amide bonds. The zero-order valence-corrected chi connectivity index (χ0v) is 12.0. The van der Waals surface area contributed by atoms with E-state index in [-0.39, 0.29) is 12.5 Å². The van der Waals surface area contributed by atoms with Crippen LogP contribution in [-0.2, 0) is 4.79 Å². The number of benzene rings is 3. The molecule has 0 aromatic heterocycles. The second-order valence-corrected chi connectivity index (χ2v) is 4.94. The summed E-state index contributed by atoms with van der Waals surface area (Å²) in [6.45, 7) is -0.0628. The van der Waals surface area contributed by atoms with Gasteiger partial charge in [-0.25, -0.2) is 0 Å². The molecule has 0 aliphatic rings. The molecule has 0 spiro atoms. The number of nitrogens with one attached hydrogen (secondary N) is 1. The van der Waals surface area contributed by atoms with Crippen molar-refractivity contribution in [3.8, 4) is 5.75 Å². The van der Waals surface area contributed by atoms with Crippen LogP contribution in [0.15, 0.2) is 66.7 Å². The summed E-state index contributed by atoms with van der Waals surface area (Å²) in [6.07, 6.45) is 0. The maximum absolute atomic E-state index is 12.0. The first-order chi connectivity index (χ1) is 10.7. The standard InChI is InChI=1S/C18H16N2O2/c19-14-7-4-8-15(11-14)22-12-18(21)20-17-10-3-6-13-5-1-2-9-16(13)17/h1-11H,12,19H2,(H,20,21). The number of nitrogen functional groups attached to an aromatic ring is 1. The molecule has 3 aromatic rings. The minimum absolute atomic E-state index is 0.0628. The van der Waals surface area contributed by atoms with Gasteiger partial charge < -0.3 is 15.8 Å². The van der Waals surface area contributed by atoms with Gasteiger partial charge in [0, 0.05) is 22.8 Å². The molecule has 3 N–H and O–H groups in total. The van der Waals surface area contributed by atoms with E-state index in [4.69, 9.17) is 10.5 Å². The quantitative estimate of drug-likeness (QED) is 0.724. The SMILES string of the molecule is Nc1cccc(OCC(=O)Nc2cccc3ccccc23)c1. The lowest BCUT2D eigenvalue weighted by molar-refractivity contribution is -0.118. The summed E-state index contributed by atoms with van der Waals surface area (Å²) in [6, 6.07) is 20.7. The number of hydrogen-bond donors (Lipinski definition) is 2. The third-order valence-corrected chi connectivity index (χ3v) is 3.29. The van der Waals surface area contributed by atoms with Crippen molar-refractivity contribution in [1.29, 1.82) is 0 Å². The number of carbonyl (C=O) groups is 1. The predicted octanol–water partition coefficient (Wildman–Crippen LogP) is 3.44. The van der Waals surface area contributed by atoms with Gasteiger partial charge in [-0.05, 0) is 23.6 Å². The van der Waals surface area contributed by atoms with Crippen LogP contribution < -0.4 is 15.8 Å². The van der Waals surface area contributed by atoms with Gasteiger partial charge in [0.25, 0.3) is 5.91 Å². The first kappa shape index (κ1) is 13.9. The summed E-state index contributed by atoms with van der Waals surface area (Å²) in [5, 5.41) is 4.96. The minimum atomic E-state index is -0.209. The van der Waals surface area contributed by atoms with E-state index >= 15 is 0 Å². The molecule has 22 heavy (non-hydrogen) atoms. The van der Waals surface area contributed by atoms with E-state index in [2.05, 4.69) is 5.32 Å². The third kappa shape index (κ3) is 3.17. The average Bonchev–Trinajstić information content (AvgIpc) is 2.53. The summed E-state index contributed by atoms with van der Waals surface area (Å²) in [5.74, 6) is 0.367. The number of nitrogens with two attached hydrogens (primary N) is 1. The van der Waals surface area contributed by atoms with Gasteiger partial charge in [0.2, 0.25) is 0 Å². The third-order valence-electron chi connectivity index (χ3n) is 3.29. The maximum Gasteiger partial charge on any atom is 0.262 e.